The summed E-state index contributed by atoms with van der Waals surface area (Å²) in [6, 6.07) is 16.2. The third kappa shape index (κ3) is 4.31. The Labute approximate surface area is 146 Å². The molecule has 0 aliphatic heterocycles. The van der Waals surface area contributed by atoms with Crippen molar-refractivity contribution in [2.24, 2.45) is 0 Å². The van der Waals surface area contributed by atoms with E-state index in [1.165, 1.54) is 3.57 Å². The van der Waals surface area contributed by atoms with E-state index in [4.69, 9.17) is 5.41 Å². The Bertz CT molecular complexity index is 665. The first-order valence-corrected chi connectivity index (χ1v) is 8.19. The summed E-state index contributed by atoms with van der Waals surface area (Å²) in [4.78, 5) is 0. The summed E-state index contributed by atoms with van der Waals surface area (Å²) in [5.74, 6) is 0. The number of anilines is 2. The summed E-state index contributed by atoms with van der Waals surface area (Å²) in [5, 5.41) is 15.6. The lowest BCUT2D eigenvalue weighted by atomic mass is 10.1. The monoisotopic (exact) mass is 454 g/mol. The van der Waals surface area contributed by atoms with Crippen LogP contribution in [0, 0.1) is 3.57 Å². The minimum atomic E-state index is 0.608. The Hall–Kier alpha value is -1.34. The molecule has 21 heavy (non-hydrogen) atoms. The highest BCUT2D eigenvalue weighted by Gasteiger charge is 2.04. The van der Waals surface area contributed by atoms with Gasteiger partial charge in [-0.2, -0.15) is 6.21 Å². The number of allylic oxidation sites excluding steroid dienone is 1. The smallest absolute Gasteiger partial charge is 0.0537 e. The molecule has 0 saturated carbocycles. The Balaban J connectivity index is 2.29. The quantitative estimate of drug-likeness (QED) is 0.495. The molecule has 0 aliphatic rings. The van der Waals surface area contributed by atoms with Gasteiger partial charge in [-0.05, 0) is 59.0 Å². The number of nitrogens with zero attached hydrogens (tertiary/aromatic N) is 1. The number of benzene rings is 2. The van der Waals surface area contributed by atoms with Gasteiger partial charge in [-0.25, -0.2) is 0 Å². The van der Waals surface area contributed by atoms with E-state index in [2.05, 4.69) is 61.3 Å². The first-order chi connectivity index (χ1) is 10.1. The molecule has 0 heterocycles. The van der Waals surface area contributed by atoms with E-state index in [0.717, 1.165) is 28.8 Å². The van der Waals surface area contributed by atoms with Crippen LogP contribution in [0.25, 0.3) is 11.1 Å². The van der Waals surface area contributed by atoms with Gasteiger partial charge in [0.2, 0.25) is 0 Å². The molecule has 0 unspecified atom stereocenters. The fourth-order valence-corrected chi connectivity index (χ4v) is 2.71. The lowest BCUT2D eigenvalue weighted by Crippen LogP contribution is -2.07. The Morgan fingerprint density at radius 2 is 1.86 bits per heavy atom. The van der Waals surface area contributed by atoms with E-state index in [9.17, 15) is 0 Å². The first kappa shape index (κ1) is 16.0. The Kier molecular flexibility index (Phi) is 5.81. The summed E-state index contributed by atoms with van der Waals surface area (Å²) in [5.41, 5.74) is 3.82. The molecular weight excluding hydrogens is 441 g/mol. The SMILES string of the molecule is CN/C(=C(/Br)C=[N-])c1cccc(Nc2ccc(I)cc2)c1. The van der Waals surface area contributed by atoms with Crippen LogP contribution in [0.1, 0.15) is 5.56 Å². The van der Waals surface area contributed by atoms with E-state index in [1.807, 2.05) is 43.4 Å². The van der Waals surface area contributed by atoms with Crippen LogP contribution in [0.2, 0.25) is 0 Å². The molecule has 0 aromatic heterocycles. The predicted molar refractivity (Wildman–Crippen MR) is 103 cm³/mol. The number of halogens is 2. The van der Waals surface area contributed by atoms with E-state index >= 15 is 0 Å². The Morgan fingerprint density at radius 1 is 1.14 bits per heavy atom. The number of nitrogens with one attached hydrogen (secondary N) is 2. The molecule has 5 heteroatoms. The summed E-state index contributed by atoms with van der Waals surface area (Å²) in [7, 11) is 1.82. The van der Waals surface area contributed by atoms with Gasteiger partial charge in [-0.1, -0.05) is 28.1 Å². The van der Waals surface area contributed by atoms with Gasteiger partial charge in [0.05, 0.1) is 5.70 Å². The number of hydrogen-bond donors (Lipinski definition) is 2. The fraction of sp³-hybridized carbons (Fsp3) is 0.0625. The van der Waals surface area contributed by atoms with Gasteiger partial charge in [-0.15, -0.1) is 0 Å². The summed E-state index contributed by atoms with van der Waals surface area (Å²) in [6.07, 6.45) is 1.03. The first-order valence-electron chi connectivity index (χ1n) is 6.32. The van der Waals surface area contributed by atoms with Crippen LogP contribution in [0.4, 0.5) is 11.4 Å². The highest BCUT2D eigenvalue weighted by molar-refractivity contribution is 14.1. The van der Waals surface area contributed by atoms with E-state index in [1.54, 1.807) is 0 Å². The molecule has 0 saturated heterocycles. The van der Waals surface area contributed by atoms with Crippen molar-refractivity contribution < 1.29 is 0 Å². The molecule has 2 aromatic rings. The van der Waals surface area contributed by atoms with Crippen molar-refractivity contribution in [3.8, 4) is 0 Å². The van der Waals surface area contributed by atoms with Crippen molar-refractivity contribution >= 4 is 61.8 Å². The molecule has 2 rings (SSSR count). The molecule has 108 valence electrons. The van der Waals surface area contributed by atoms with Gasteiger partial charge >= 0.3 is 0 Å². The summed E-state index contributed by atoms with van der Waals surface area (Å²) >= 11 is 5.61. The molecular formula is C16H14BrIN3-. The topological polar surface area (TPSA) is 46.4 Å². The van der Waals surface area contributed by atoms with Crippen molar-refractivity contribution in [3.63, 3.8) is 0 Å². The normalized spacial score (nSPS) is 11.6. The number of rotatable bonds is 5. The standard InChI is InChI=1S/C16H14BrIN3/c1-20-16(15(17)10-19)11-3-2-4-14(9-11)21-13-7-5-12(18)6-8-13/h2-10,20-21H,1H3/q-1/b16-15+. The van der Waals surface area contributed by atoms with Crippen LogP contribution < -0.4 is 10.6 Å². The van der Waals surface area contributed by atoms with Gasteiger partial charge in [0.25, 0.3) is 0 Å². The average Bonchev–Trinajstić information content (AvgIpc) is 2.50. The molecule has 0 fully saturated rings. The zero-order chi connectivity index (χ0) is 15.2. The summed E-state index contributed by atoms with van der Waals surface area (Å²) in [6.45, 7) is 0. The van der Waals surface area contributed by atoms with E-state index in [-0.39, 0.29) is 0 Å². The zero-order valence-electron chi connectivity index (χ0n) is 11.4. The minimum absolute atomic E-state index is 0.608. The maximum atomic E-state index is 9.14. The maximum Gasteiger partial charge on any atom is 0.0537 e. The van der Waals surface area contributed by atoms with Gasteiger partial charge in [0, 0.05) is 32.0 Å². The third-order valence-corrected chi connectivity index (χ3v) is 4.21. The second-order valence-corrected chi connectivity index (χ2v) is 6.41. The lowest BCUT2D eigenvalue weighted by Gasteiger charge is -2.13. The Morgan fingerprint density at radius 3 is 2.48 bits per heavy atom. The molecule has 0 radical (unpaired) electrons. The van der Waals surface area contributed by atoms with Gasteiger partial charge in [0.1, 0.15) is 0 Å². The van der Waals surface area contributed by atoms with Crippen molar-refractivity contribution in [2.45, 2.75) is 0 Å². The van der Waals surface area contributed by atoms with Crippen LogP contribution in [0.15, 0.2) is 53.0 Å². The molecule has 2 aromatic carbocycles. The zero-order valence-corrected chi connectivity index (χ0v) is 15.1. The number of hydrogen-bond acceptors (Lipinski definition) is 2. The van der Waals surface area contributed by atoms with Crippen molar-refractivity contribution in [1.82, 2.24) is 5.32 Å². The minimum Gasteiger partial charge on any atom is -0.810 e. The molecule has 0 bridgehead atoms. The molecule has 0 spiro atoms. The van der Waals surface area contributed by atoms with E-state index < -0.39 is 0 Å². The lowest BCUT2D eigenvalue weighted by molar-refractivity contribution is 1.13. The van der Waals surface area contributed by atoms with Gasteiger partial charge < -0.3 is 16.0 Å². The summed E-state index contributed by atoms with van der Waals surface area (Å²) < 4.78 is 1.81. The van der Waals surface area contributed by atoms with Crippen molar-refractivity contribution in [1.29, 1.82) is 0 Å². The average molecular weight is 455 g/mol. The van der Waals surface area contributed by atoms with Gasteiger partial charge in [0.15, 0.2) is 0 Å². The molecule has 0 amide bonds. The molecule has 0 atom stereocenters. The highest BCUT2D eigenvalue weighted by Crippen LogP contribution is 2.24. The van der Waals surface area contributed by atoms with Crippen LogP contribution in [-0.2, 0) is 0 Å². The van der Waals surface area contributed by atoms with Crippen LogP contribution in [-0.4, -0.2) is 13.3 Å². The second-order valence-electron chi connectivity index (χ2n) is 4.31. The molecule has 0 aliphatic carbocycles. The third-order valence-electron chi connectivity index (χ3n) is 2.89. The van der Waals surface area contributed by atoms with Crippen LogP contribution in [0.3, 0.4) is 0 Å². The fourth-order valence-electron chi connectivity index (χ4n) is 1.92. The predicted octanol–water partition coefficient (Wildman–Crippen LogP) is 4.96. The molecule has 2 N–H and O–H groups in total. The van der Waals surface area contributed by atoms with Crippen LogP contribution >= 0.6 is 38.5 Å². The largest absolute Gasteiger partial charge is 0.810 e. The maximum absolute atomic E-state index is 9.14. The molecule has 3 nitrogen and oxygen atoms in total. The highest BCUT2D eigenvalue weighted by atomic mass is 127. The second kappa shape index (κ2) is 7.61. The van der Waals surface area contributed by atoms with Crippen LogP contribution in [0.5, 0.6) is 0 Å². The van der Waals surface area contributed by atoms with Crippen molar-refractivity contribution in [3.05, 3.63) is 67.6 Å². The van der Waals surface area contributed by atoms with Crippen molar-refractivity contribution in [2.75, 3.05) is 12.4 Å². The van der Waals surface area contributed by atoms with E-state index in [0.29, 0.717) is 4.48 Å². The van der Waals surface area contributed by atoms with Gasteiger partial charge in [-0.3, -0.25) is 0 Å².